The average Bonchev–Trinajstić information content (AvgIpc) is 2.29. The van der Waals surface area contributed by atoms with E-state index < -0.39 is 10.0 Å². The number of hydrogen-bond acceptors (Lipinski definition) is 3. The summed E-state index contributed by atoms with van der Waals surface area (Å²) in [5, 5.41) is 0. The van der Waals surface area contributed by atoms with Gasteiger partial charge in [-0.05, 0) is 18.1 Å². The summed E-state index contributed by atoms with van der Waals surface area (Å²) in [7, 11) is -3.13. The van der Waals surface area contributed by atoms with E-state index in [1.165, 1.54) is 10.6 Å². The van der Waals surface area contributed by atoms with E-state index in [2.05, 4.69) is 0 Å². The first-order valence-electron chi connectivity index (χ1n) is 5.61. The summed E-state index contributed by atoms with van der Waals surface area (Å²) in [5.74, 6) is 0. The summed E-state index contributed by atoms with van der Waals surface area (Å²) in [4.78, 5) is 0. The van der Waals surface area contributed by atoms with Crippen LogP contribution in [-0.4, -0.2) is 38.7 Å². The lowest BCUT2D eigenvalue weighted by Gasteiger charge is -2.32. The summed E-state index contributed by atoms with van der Waals surface area (Å²) in [5.41, 5.74) is 2.20. The summed E-state index contributed by atoms with van der Waals surface area (Å²) < 4.78 is 30.2. The van der Waals surface area contributed by atoms with Crippen LogP contribution in [0.5, 0.6) is 0 Å². The van der Waals surface area contributed by atoms with Gasteiger partial charge in [0.25, 0.3) is 0 Å². The Bertz CT molecular complexity index is 498. The minimum absolute atomic E-state index is 0.153. The molecular weight excluding hydrogens is 238 g/mol. The Hall–Kier alpha value is -0.910. The quantitative estimate of drug-likeness (QED) is 0.801. The van der Waals surface area contributed by atoms with Crippen LogP contribution in [0.4, 0.5) is 0 Å². The molecule has 0 aliphatic carbocycles. The van der Waals surface area contributed by atoms with Crippen LogP contribution in [-0.2, 0) is 14.8 Å². The van der Waals surface area contributed by atoms with E-state index in [0.29, 0.717) is 19.7 Å². The highest BCUT2D eigenvalue weighted by Gasteiger charge is 2.27. The van der Waals surface area contributed by atoms with Crippen LogP contribution in [0.3, 0.4) is 0 Å². The molecule has 17 heavy (non-hydrogen) atoms. The molecule has 0 radical (unpaired) electrons. The van der Waals surface area contributed by atoms with Crippen molar-refractivity contribution in [3.63, 3.8) is 0 Å². The van der Waals surface area contributed by atoms with Gasteiger partial charge in [-0.2, -0.15) is 4.31 Å². The molecule has 0 bridgehead atoms. The largest absolute Gasteiger partial charge is 0.371 e. The number of ether oxygens (including phenoxy) is 1. The lowest BCUT2D eigenvalue weighted by Crippen LogP contribution is -2.41. The van der Waals surface area contributed by atoms with Crippen molar-refractivity contribution in [2.75, 3.05) is 26.0 Å². The average molecular weight is 255 g/mol. The second-order valence-electron chi connectivity index (χ2n) is 4.34. The first-order chi connectivity index (χ1) is 7.98. The van der Waals surface area contributed by atoms with Crippen molar-refractivity contribution in [1.82, 2.24) is 4.31 Å². The van der Waals surface area contributed by atoms with Crippen LogP contribution < -0.4 is 0 Å². The van der Waals surface area contributed by atoms with Crippen molar-refractivity contribution in [1.29, 1.82) is 0 Å². The van der Waals surface area contributed by atoms with E-state index >= 15 is 0 Å². The molecule has 1 aliphatic rings. The number of hydrogen-bond donors (Lipinski definition) is 0. The zero-order valence-electron chi connectivity index (χ0n) is 10.1. The molecule has 0 aromatic heterocycles. The van der Waals surface area contributed by atoms with Gasteiger partial charge in [-0.25, -0.2) is 8.42 Å². The molecule has 0 spiro atoms. The van der Waals surface area contributed by atoms with Crippen molar-refractivity contribution in [3.8, 4) is 0 Å². The predicted molar refractivity (Wildman–Crippen MR) is 66.3 cm³/mol. The van der Waals surface area contributed by atoms with Gasteiger partial charge in [-0.3, -0.25) is 0 Å². The second kappa shape index (κ2) is 4.76. The monoisotopic (exact) mass is 255 g/mol. The van der Waals surface area contributed by atoms with Gasteiger partial charge in [0.15, 0.2) is 0 Å². The van der Waals surface area contributed by atoms with Crippen molar-refractivity contribution in [3.05, 3.63) is 35.4 Å². The number of nitrogens with zero attached hydrogens (tertiary/aromatic N) is 1. The third-order valence-electron chi connectivity index (χ3n) is 3.03. The van der Waals surface area contributed by atoms with Gasteiger partial charge in [0.05, 0.1) is 19.0 Å². The highest BCUT2D eigenvalue weighted by atomic mass is 32.2. The summed E-state index contributed by atoms with van der Waals surface area (Å²) in [6, 6.07) is 7.92. The van der Waals surface area contributed by atoms with Gasteiger partial charge in [0, 0.05) is 13.1 Å². The number of benzene rings is 1. The summed E-state index contributed by atoms with van der Waals surface area (Å²) in [6.07, 6.45) is 1.09. The standard InChI is InChI=1S/C12H17NO3S/c1-10-5-3-4-6-11(10)12-9-13(7-8-16-12)17(2,14)15/h3-6,12H,7-9H2,1-2H3. The van der Waals surface area contributed by atoms with Crippen LogP contribution in [0.25, 0.3) is 0 Å². The van der Waals surface area contributed by atoms with E-state index in [0.717, 1.165) is 11.1 Å². The zero-order chi connectivity index (χ0) is 12.5. The van der Waals surface area contributed by atoms with E-state index in [9.17, 15) is 8.42 Å². The molecule has 94 valence electrons. The van der Waals surface area contributed by atoms with Crippen LogP contribution >= 0.6 is 0 Å². The van der Waals surface area contributed by atoms with Crippen molar-refractivity contribution < 1.29 is 13.2 Å². The maximum absolute atomic E-state index is 11.5. The maximum atomic E-state index is 11.5. The lowest BCUT2D eigenvalue weighted by molar-refractivity contribution is -0.00267. The van der Waals surface area contributed by atoms with Gasteiger partial charge < -0.3 is 4.74 Å². The smallest absolute Gasteiger partial charge is 0.211 e. The van der Waals surface area contributed by atoms with Crippen molar-refractivity contribution >= 4 is 10.0 Å². The molecule has 1 unspecified atom stereocenters. The maximum Gasteiger partial charge on any atom is 0.211 e. The molecule has 1 fully saturated rings. The van der Waals surface area contributed by atoms with Crippen LogP contribution in [0, 0.1) is 6.92 Å². The fourth-order valence-corrected chi connectivity index (χ4v) is 2.88. The Morgan fingerprint density at radius 1 is 1.35 bits per heavy atom. The SMILES string of the molecule is Cc1ccccc1C1CN(S(C)(=O)=O)CCO1. The number of sulfonamides is 1. The number of rotatable bonds is 2. The molecule has 1 aromatic carbocycles. The zero-order valence-corrected chi connectivity index (χ0v) is 10.9. The molecule has 1 atom stereocenters. The third-order valence-corrected chi connectivity index (χ3v) is 4.30. The normalized spacial score (nSPS) is 22.6. The van der Waals surface area contributed by atoms with Gasteiger partial charge in [0.1, 0.15) is 0 Å². The highest BCUT2D eigenvalue weighted by molar-refractivity contribution is 7.88. The van der Waals surface area contributed by atoms with E-state index in [4.69, 9.17) is 4.74 Å². The third kappa shape index (κ3) is 2.86. The van der Waals surface area contributed by atoms with Crippen LogP contribution in [0.1, 0.15) is 17.2 Å². The molecule has 2 rings (SSSR count). The molecule has 1 aromatic rings. The predicted octanol–water partition coefficient (Wildman–Crippen LogP) is 1.33. The first kappa shape index (κ1) is 12.5. The molecule has 0 amide bonds. The van der Waals surface area contributed by atoms with E-state index in [1.54, 1.807) is 0 Å². The lowest BCUT2D eigenvalue weighted by atomic mass is 10.0. The molecular formula is C12H17NO3S. The van der Waals surface area contributed by atoms with Gasteiger partial charge >= 0.3 is 0 Å². The molecule has 5 heteroatoms. The molecule has 1 saturated heterocycles. The van der Waals surface area contributed by atoms with Crippen molar-refractivity contribution in [2.45, 2.75) is 13.0 Å². The summed E-state index contributed by atoms with van der Waals surface area (Å²) >= 11 is 0. The van der Waals surface area contributed by atoms with Crippen molar-refractivity contribution in [2.24, 2.45) is 0 Å². The van der Waals surface area contributed by atoms with Crippen LogP contribution in [0.2, 0.25) is 0 Å². The Morgan fingerprint density at radius 2 is 2.06 bits per heavy atom. The van der Waals surface area contributed by atoms with Gasteiger partial charge in [-0.15, -0.1) is 0 Å². The highest BCUT2D eigenvalue weighted by Crippen LogP contribution is 2.25. The molecule has 0 saturated carbocycles. The number of morpholine rings is 1. The van der Waals surface area contributed by atoms with E-state index in [1.807, 2.05) is 31.2 Å². The molecule has 1 heterocycles. The Morgan fingerprint density at radius 3 is 2.71 bits per heavy atom. The second-order valence-corrected chi connectivity index (χ2v) is 6.32. The Kier molecular flexibility index (Phi) is 3.51. The van der Waals surface area contributed by atoms with E-state index in [-0.39, 0.29) is 6.10 Å². The van der Waals surface area contributed by atoms with Gasteiger partial charge in [-0.1, -0.05) is 24.3 Å². The first-order valence-corrected chi connectivity index (χ1v) is 7.45. The van der Waals surface area contributed by atoms with Gasteiger partial charge in [0.2, 0.25) is 10.0 Å². The van der Waals surface area contributed by atoms with Crippen LogP contribution in [0.15, 0.2) is 24.3 Å². The fourth-order valence-electron chi connectivity index (χ4n) is 2.06. The minimum Gasteiger partial charge on any atom is -0.371 e. The molecule has 1 aliphatic heterocycles. The molecule has 4 nitrogen and oxygen atoms in total. The minimum atomic E-state index is -3.13. The Labute approximate surface area is 102 Å². The summed E-state index contributed by atoms with van der Waals surface area (Å²) in [6.45, 7) is 3.31. The molecule has 0 N–H and O–H groups in total. The topological polar surface area (TPSA) is 46.6 Å². The fraction of sp³-hybridized carbons (Fsp3) is 0.500. The number of aryl methyl sites for hydroxylation is 1. The Balaban J connectivity index is 2.21.